The predicted octanol–water partition coefficient (Wildman–Crippen LogP) is 6.89. The fourth-order valence-corrected chi connectivity index (χ4v) is 3.81. The second-order valence-electron chi connectivity index (χ2n) is 5.41. The van der Waals surface area contributed by atoms with Crippen molar-refractivity contribution >= 4 is 57.6 Å². The Labute approximate surface area is 170 Å². The summed E-state index contributed by atoms with van der Waals surface area (Å²) in [6, 6.07) is 12.5. The van der Waals surface area contributed by atoms with E-state index in [4.69, 9.17) is 34.8 Å². The van der Waals surface area contributed by atoms with Crippen molar-refractivity contribution in [3.05, 3.63) is 80.4 Å². The van der Waals surface area contributed by atoms with Gasteiger partial charge in [-0.25, -0.2) is 4.98 Å². The minimum absolute atomic E-state index is 0.127. The number of ketones is 1. The number of aromatic nitrogens is 1. The van der Waals surface area contributed by atoms with Crippen LogP contribution in [-0.4, -0.2) is 10.8 Å². The third kappa shape index (κ3) is 4.46. The number of halogens is 3. The average molecular weight is 424 g/mol. The number of benzene rings is 2. The summed E-state index contributed by atoms with van der Waals surface area (Å²) < 4.78 is 0. The van der Waals surface area contributed by atoms with Crippen LogP contribution in [0.2, 0.25) is 15.1 Å². The Kier molecular flexibility index (Phi) is 5.99. The van der Waals surface area contributed by atoms with Gasteiger partial charge >= 0.3 is 0 Å². The van der Waals surface area contributed by atoms with Crippen molar-refractivity contribution in [3.8, 4) is 10.6 Å². The highest BCUT2D eigenvalue weighted by Gasteiger charge is 2.14. The molecule has 0 spiro atoms. The molecule has 0 atom stereocenters. The minimum Gasteiger partial charge on any atom is -0.360 e. The lowest BCUT2D eigenvalue weighted by Gasteiger charge is -2.03. The Hall–Kier alpha value is -1.85. The molecule has 2 aromatic carbocycles. The van der Waals surface area contributed by atoms with Crippen LogP contribution in [0.25, 0.3) is 10.6 Å². The Balaban J connectivity index is 1.74. The number of thiazole rings is 1. The van der Waals surface area contributed by atoms with Crippen molar-refractivity contribution in [2.75, 3.05) is 5.32 Å². The molecule has 0 bridgehead atoms. The molecule has 0 aliphatic heterocycles. The zero-order chi connectivity index (χ0) is 18.7. The van der Waals surface area contributed by atoms with E-state index in [9.17, 15) is 4.79 Å². The van der Waals surface area contributed by atoms with Crippen LogP contribution in [0, 0.1) is 6.92 Å². The Morgan fingerprint density at radius 3 is 2.46 bits per heavy atom. The maximum absolute atomic E-state index is 12.5. The number of hydrogen-bond acceptors (Lipinski definition) is 4. The molecular formula is C19H13Cl3N2OS. The van der Waals surface area contributed by atoms with Gasteiger partial charge in [0.2, 0.25) is 0 Å². The molecule has 0 saturated heterocycles. The van der Waals surface area contributed by atoms with Gasteiger partial charge in [0, 0.05) is 27.9 Å². The van der Waals surface area contributed by atoms with Crippen LogP contribution in [0.4, 0.5) is 5.69 Å². The van der Waals surface area contributed by atoms with Gasteiger partial charge in [-0.2, -0.15) is 0 Å². The quantitative estimate of drug-likeness (QED) is 0.359. The van der Waals surface area contributed by atoms with E-state index in [1.165, 1.54) is 17.4 Å². The lowest BCUT2D eigenvalue weighted by molar-refractivity contribution is 0.104. The molecule has 26 heavy (non-hydrogen) atoms. The number of nitrogens with zero attached hydrogens (tertiary/aromatic N) is 1. The second kappa shape index (κ2) is 8.23. The summed E-state index contributed by atoms with van der Waals surface area (Å²) in [5, 5.41) is 5.46. The SMILES string of the molecule is Cc1nc(-c2ccc(Cl)cc2)sc1C(=O)/C=C/Nc1ccc(Cl)cc1Cl. The molecule has 0 aliphatic rings. The highest BCUT2D eigenvalue weighted by atomic mass is 35.5. The molecule has 0 fully saturated rings. The number of hydrogen-bond donors (Lipinski definition) is 1. The fraction of sp³-hybridized carbons (Fsp3) is 0.0526. The normalized spacial score (nSPS) is 11.1. The highest BCUT2D eigenvalue weighted by Crippen LogP contribution is 2.29. The van der Waals surface area contributed by atoms with E-state index in [1.54, 1.807) is 36.5 Å². The van der Waals surface area contributed by atoms with Crippen LogP contribution in [0.3, 0.4) is 0 Å². The van der Waals surface area contributed by atoms with Crippen LogP contribution in [0.15, 0.2) is 54.7 Å². The van der Waals surface area contributed by atoms with Crippen LogP contribution < -0.4 is 5.32 Å². The zero-order valence-electron chi connectivity index (χ0n) is 13.6. The molecular weight excluding hydrogens is 411 g/mol. The summed E-state index contributed by atoms with van der Waals surface area (Å²) in [5.41, 5.74) is 2.29. The van der Waals surface area contributed by atoms with Gasteiger partial charge < -0.3 is 5.32 Å². The smallest absolute Gasteiger partial charge is 0.199 e. The molecule has 0 aliphatic carbocycles. The Morgan fingerprint density at radius 1 is 1.08 bits per heavy atom. The first kappa shape index (κ1) is 18.9. The van der Waals surface area contributed by atoms with Crippen molar-refractivity contribution in [2.45, 2.75) is 6.92 Å². The molecule has 0 radical (unpaired) electrons. The van der Waals surface area contributed by atoms with E-state index < -0.39 is 0 Å². The van der Waals surface area contributed by atoms with Gasteiger partial charge in [0.05, 0.1) is 21.3 Å². The van der Waals surface area contributed by atoms with Crippen molar-refractivity contribution in [1.82, 2.24) is 4.98 Å². The van der Waals surface area contributed by atoms with Gasteiger partial charge in [-0.3, -0.25) is 4.79 Å². The molecule has 1 heterocycles. The number of carbonyl (C=O) groups excluding carboxylic acids is 1. The van der Waals surface area contributed by atoms with Gasteiger partial charge in [0.1, 0.15) is 5.01 Å². The summed E-state index contributed by atoms with van der Waals surface area (Å²) in [6.45, 7) is 1.82. The maximum Gasteiger partial charge on any atom is 0.199 e. The topological polar surface area (TPSA) is 42.0 Å². The van der Waals surface area contributed by atoms with Crippen molar-refractivity contribution in [2.24, 2.45) is 0 Å². The Bertz CT molecular complexity index is 981. The molecule has 132 valence electrons. The first-order valence-corrected chi connectivity index (χ1v) is 9.55. The van der Waals surface area contributed by atoms with E-state index in [0.717, 1.165) is 10.6 Å². The summed E-state index contributed by atoms with van der Waals surface area (Å²) >= 11 is 19.2. The molecule has 3 nitrogen and oxygen atoms in total. The largest absolute Gasteiger partial charge is 0.360 e. The predicted molar refractivity (Wildman–Crippen MR) is 111 cm³/mol. The molecule has 0 unspecified atom stereocenters. The van der Waals surface area contributed by atoms with Gasteiger partial charge in [-0.1, -0.05) is 46.9 Å². The van der Waals surface area contributed by atoms with E-state index in [0.29, 0.717) is 31.3 Å². The minimum atomic E-state index is -0.127. The lowest BCUT2D eigenvalue weighted by atomic mass is 10.2. The summed E-state index contributed by atoms with van der Waals surface area (Å²) in [7, 11) is 0. The van der Waals surface area contributed by atoms with Crippen molar-refractivity contribution in [3.63, 3.8) is 0 Å². The molecule has 3 aromatic rings. The van der Waals surface area contributed by atoms with E-state index in [-0.39, 0.29) is 5.78 Å². The van der Waals surface area contributed by atoms with Crippen molar-refractivity contribution < 1.29 is 4.79 Å². The van der Waals surface area contributed by atoms with Gasteiger partial charge in [-0.15, -0.1) is 11.3 Å². The number of carbonyl (C=O) groups is 1. The average Bonchev–Trinajstić information content (AvgIpc) is 2.99. The Morgan fingerprint density at radius 2 is 1.77 bits per heavy atom. The first-order valence-electron chi connectivity index (χ1n) is 7.60. The van der Waals surface area contributed by atoms with Gasteiger partial charge in [-0.05, 0) is 37.3 Å². The van der Waals surface area contributed by atoms with Gasteiger partial charge in [0.15, 0.2) is 5.78 Å². The van der Waals surface area contributed by atoms with Crippen LogP contribution in [0.5, 0.6) is 0 Å². The third-order valence-corrected chi connectivity index (χ3v) is 5.54. The monoisotopic (exact) mass is 422 g/mol. The molecule has 1 aromatic heterocycles. The number of rotatable bonds is 5. The first-order chi connectivity index (χ1) is 12.4. The van der Waals surface area contributed by atoms with Gasteiger partial charge in [0.25, 0.3) is 0 Å². The van der Waals surface area contributed by atoms with E-state index in [2.05, 4.69) is 10.3 Å². The second-order valence-corrected chi connectivity index (χ2v) is 7.69. The standard InChI is InChI=1S/C19H13Cl3N2OS/c1-11-18(26-19(24-11)12-2-4-13(20)5-3-12)17(25)8-9-23-16-7-6-14(21)10-15(16)22/h2-10,23H,1H3/b9-8+. The van der Waals surface area contributed by atoms with E-state index in [1.807, 2.05) is 19.1 Å². The summed E-state index contributed by atoms with van der Waals surface area (Å²) in [5.74, 6) is -0.127. The number of aryl methyl sites for hydroxylation is 1. The molecule has 1 N–H and O–H groups in total. The third-order valence-electron chi connectivity index (χ3n) is 3.52. The number of anilines is 1. The summed E-state index contributed by atoms with van der Waals surface area (Å²) in [4.78, 5) is 17.5. The molecule has 3 rings (SSSR count). The molecule has 7 heteroatoms. The van der Waals surface area contributed by atoms with Crippen LogP contribution >= 0.6 is 46.1 Å². The fourth-order valence-electron chi connectivity index (χ4n) is 2.23. The molecule has 0 amide bonds. The summed E-state index contributed by atoms with van der Waals surface area (Å²) in [6.07, 6.45) is 3.01. The van der Waals surface area contributed by atoms with Crippen LogP contribution in [-0.2, 0) is 0 Å². The number of allylic oxidation sites excluding steroid dienone is 1. The lowest BCUT2D eigenvalue weighted by Crippen LogP contribution is -1.96. The zero-order valence-corrected chi connectivity index (χ0v) is 16.7. The van der Waals surface area contributed by atoms with E-state index >= 15 is 0 Å². The number of nitrogens with one attached hydrogen (secondary N) is 1. The van der Waals surface area contributed by atoms with Crippen molar-refractivity contribution in [1.29, 1.82) is 0 Å². The molecule has 0 saturated carbocycles. The van der Waals surface area contributed by atoms with Crippen LogP contribution in [0.1, 0.15) is 15.4 Å². The highest BCUT2D eigenvalue weighted by molar-refractivity contribution is 7.17. The maximum atomic E-state index is 12.5.